The zero-order chi connectivity index (χ0) is 23.8. The minimum absolute atomic E-state index is 0.00160. The quantitative estimate of drug-likeness (QED) is 0.458. The van der Waals surface area contributed by atoms with E-state index in [9.17, 15) is 23.1 Å². The van der Waals surface area contributed by atoms with E-state index in [1.807, 2.05) is 0 Å². The maximum atomic E-state index is 12.9. The average molecular weight is 478 g/mol. The molecular formula is C22H27N3O7S. The fraction of sp³-hybridized carbons (Fsp3) is 0.364. The molecule has 0 unspecified atom stereocenters. The Bertz CT molecular complexity index is 1100. The van der Waals surface area contributed by atoms with Gasteiger partial charge in [0.25, 0.3) is 11.8 Å². The number of phenolic OH excluding ortho intramolecular Hbond substituents is 1. The van der Waals surface area contributed by atoms with Gasteiger partial charge in [0.1, 0.15) is 11.5 Å². The van der Waals surface area contributed by atoms with Crippen LogP contribution in [0.15, 0.2) is 47.4 Å². The highest BCUT2D eigenvalue weighted by atomic mass is 32.2. The molecular weight excluding hydrogens is 450 g/mol. The molecule has 11 heteroatoms. The zero-order valence-electron chi connectivity index (χ0n) is 18.2. The minimum Gasteiger partial charge on any atom is -0.508 e. The first kappa shape index (κ1) is 24.5. The molecule has 178 valence electrons. The number of morpholine rings is 1. The number of rotatable bonds is 9. The third-order valence-electron chi connectivity index (χ3n) is 5.06. The Balaban J connectivity index is 1.57. The van der Waals surface area contributed by atoms with Crippen LogP contribution in [-0.2, 0) is 14.8 Å². The first-order valence-corrected chi connectivity index (χ1v) is 11.9. The van der Waals surface area contributed by atoms with E-state index in [-0.39, 0.29) is 47.5 Å². The number of aromatic hydroxyl groups is 1. The summed E-state index contributed by atoms with van der Waals surface area (Å²) in [6.45, 7) is 1.71. The van der Waals surface area contributed by atoms with E-state index in [4.69, 9.17) is 9.47 Å². The highest BCUT2D eigenvalue weighted by molar-refractivity contribution is 7.89. The molecule has 0 spiro atoms. The standard InChI is InChI=1S/C22H27N3O7S/c1-31-20-7-6-18(33(29,30)25-10-12-32-13-11-25)15-19(20)22(28)24-9-3-8-23-21(27)16-4-2-5-17(26)14-16/h2,4-7,14-15,26H,3,8-13H2,1H3,(H,23,27)(H,24,28). The third-order valence-corrected chi connectivity index (χ3v) is 6.95. The van der Waals surface area contributed by atoms with Crippen molar-refractivity contribution >= 4 is 21.8 Å². The first-order valence-electron chi connectivity index (χ1n) is 10.4. The topological polar surface area (TPSA) is 134 Å². The molecule has 1 saturated heterocycles. The predicted molar refractivity (Wildman–Crippen MR) is 120 cm³/mol. The molecule has 3 N–H and O–H groups in total. The third kappa shape index (κ3) is 6.21. The van der Waals surface area contributed by atoms with Gasteiger partial charge in [0.2, 0.25) is 10.0 Å². The highest BCUT2D eigenvalue weighted by Gasteiger charge is 2.28. The number of carbonyl (C=O) groups excluding carboxylic acids is 2. The van der Waals surface area contributed by atoms with E-state index in [1.54, 1.807) is 12.1 Å². The normalized spacial score (nSPS) is 14.5. The molecule has 2 aromatic carbocycles. The van der Waals surface area contributed by atoms with Gasteiger partial charge in [0.15, 0.2) is 0 Å². The number of carbonyl (C=O) groups is 2. The van der Waals surface area contributed by atoms with Gasteiger partial charge in [-0.25, -0.2) is 8.42 Å². The molecule has 33 heavy (non-hydrogen) atoms. The lowest BCUT2D eigenvalue weighted by Gasteiger charge is -2.26. The molecule has 1 fully saturated rings. The van der Waals surface area contributed by atoms with E-state index in [0.29, 0.717) is 31.7 Å². The van der Waals surface area contributed by atoms with Gasteiger partial charge in [-0.15, -0.1) is 0 Å². The van der Waals surface area contributed by atoms with Crippen molar-refractivity contribution in [2.75, 3.05) is 46.5 Å². The van der Waals surface area contributed by atoms with Crippen molar-refractivity contribution in [3.05, 3.63) is 53.6 Å². The maximum Gasteiger partial charge on any atom is 0.255 e. The lowest BCUT2D eigenvalue weighted by Crippen LogP contribution is -2.40. The van der Waals surface area contributed by atoms with Gasteiger partial charge in [-0.2, -0.15) is 4.31 Å². The number of amides is 2. The van der Waals surface area contributed by atoms with E-state index < -0.39 is 15.9 Å². The molecule has 2 aromatic rings. The van der Waals surface area contributed by atoms with Crippen LogP contribution in [0, 0.1) is 0 Å². The molecule has 0 aliphatic carbocycles. The van der Waals surface area contributed by atoms with E-state index in [0.717, 1.165) is 0 Å². The molecule has 2 amide bonds. The predicted octanol–water partition coefficient (Wildman–Crippen LogP) is 0.972. The SMILES string of the molecule is COc1ccc(S(=O)(=O)N2CCOCC2)cc1C(=O)NCCCNC(=O)c1cccc(O)c1. The van der Waals surface area contributed by atoms with Crippen LogP contribution in [0.25, 0.3) is 0 Å². The summed E-state index contributed by atoms with van der Waals surface area (Å²) in [5, 5.41) is 14.9. The number of ether oxygens (including phenoxy) is 2. The molecule has 10 nitrogen and oxygen atoms in total. The summed E-state index contributed by atoms with van der Waals surface area (Å²) in [6, 6.07) is 10.2. The van der Waals surface area contributed by atoms with Crippen LogP contribution >= 0.6 is 0 Å². The number of nitrogens with one attached hydrogen (secondary N) is 2. The van der Waals surface area contributed by atoms with Crippen molar-refractivity contribution in [2.45, 2.75) is 11.3 Å². The van der Waals surface area contributed by atoms with Gasteiger partial charge < -0.3 is 25.2 Å². The Labute approximate surface area is 192 Å². The Kier molecular flexibility index (Phi) is 8.26. The Morgan fingerprint density at radius 1 is 1.06 bits per heavy atom. The lowest BCUT2D eigenvalue weighted by atomic mass is 10.2. The van der Waals surface area contributed by atoms with E-state index >= 15 is 0 Å². The molecule has 1 aliphatic rings. The Morgan fingerprint density at radius 3 is 2.42 bits per heavy atom. The van der Waals surface area contributed by atoms with Crippen molar-refractivity contribution in [3.8, 4) is 11.5 Å². The minimum atomic E-state index is -3.76. The number of phenols is 1. The summed E-state index contributed by atoms with van der Waals surface area (Å²) in [4.78, 5) is 24.8. The summed E-state index contributed by atoms with van der Waals surface area (Å²) in [7, 11) is -2.36. The summed E-state index contributed by atoms with van der Waals surface area (Å²) >= 11 is 0. The molecule has 0 atom stereocenters. The van der Waals surface area contributed by atoms with Gasteiger partial charge in [0, 0.05) is 31.7 Å². The number of hydrogen-bond donors (Lipinski definition) is 3. The smallest absolute Gasteiger partial charge is 0.255 e. The molecule has 1 aliphatic heterocycles. The van der Waals surface area contributed by atoms with Crippen molar-refractivity contribution in [1.82, 2.24) is 14.9 Å². The average Bonchev–Trinajstić information content (AvgIpc) is 2.83. The number of sulfonamides is 1. The van der Waals surface area contributed by atoms with Gasteiger partial charge in [-0.1, -0.05) is 6.07 Å². The van der Waals surface area contributed by atoms with Gasteiger partial charge in [-0.05, 0) is 42.8 Å². The van der Waals surface area contributed by atoms with Crippen molar-refractivity contribution in [3.63, 3.8) is 0 Å². The highest BCUT2D eigenvalue weighted by Crippen LogP contribution is 2.25. The second-order valence-electron chi connectivity index (χ2n) is 7.29. The summed E-state index contributed by atoms with van der Waals surface area (Å²) in [5.41, 5.74) is 0.442. The molecule has 0 radical (unpaired) electrons. The molecule has 1 heterocycles. The van der Waals surface area contributed by atoms with Gasteiger partial charge >= 0.3 is 0 Å². The molecule has 0 bridgehead atoms. The number of benzene rings is 2. The van der Waals surface area contributed by atoms with Crippen LogP contribution in [0.1, 0.15) is 27.1 Å². The number of methoxy groups -OCH3 is 1. The van der Waals surface area contributed by atoms with Crippen LogP contribution in [0.5, 0.6) is 11.5 Å². The van der Waals surface area contributed by atoms with Gasteiger partial charge in [0.05, 0.1) is 30.8 Å². The fourth-order valence-corrected chi connectivity index (χ4v) is 4.73. The van der Waals surface area contributed by atoms with Crippen LogP contribution < -0.4 is 15.4 Å². The monoisotopic (exact) mass is 477 g/mol. The molecule has 0 saturated carbocycles. The van der Waals surface area contributed by atoms with Crippen LogP contribution in [-0.4, -0.2) is 76.1 Å². The lowest BCUT2D eigenvalue weighted by molar-refractivity contribution is 0.0730. The van der Waals surface area contributed by atoms with Crippen molar-refractivity contribution in [1.29, 1.82) is 0 Å². The van der Waals surface area contributed by atoms with Crippen molar-refractivity contribution < 1.29 is 32.6 Å². The summed E-state index contributed by atoms with van der Waals surface area (Å²) in [5.74, 6) is -0.558. The number of hydrogen-bond acceptors (Lipinski definition) is 7. The maximum absolute atomic E-state index is 12.9. The summed E-state index contributed by atoms with van der Waals surface area (Å²) < 4.78 is 37.6. The van der Waals surface area contributed by atoms with E-state index in [1.165, 1.54) is 41.7 Å². The van der Waals surface area contributed by atoms with Crippen LogP contribution in [0.3, 0.4) is 0 Å². The summed E-state index contributed by atoms with van der Waals surface area (Å²) in [6.07, 6.45) is 0.449. The second kappa shape index (κ2) is 11.1. The van der Waals surface area contributed by atoms with E-state index in [2.05, 4.69) is 10.6 Å². The second-order valence-corrected chi connectivity index (χ2v) is 9.23. The largest absolute Gasteiger partial charge is 0.508 e. The zero-order valence-corrected chi connectivity index (χ0v) is 19.1. The Hall–Kier alpha value is -3.15. The number of nitrogens with zero attached hydrogens (tertiary/aromatic N) is 1. The first-order chi connectivity index (χ1) is 15.8. The fourth-order valence-electron chi connectivity index (χ4n) is 3.30. The van der Waals surface area contributed by atoms with Crippen molar-refractivity contribution in [2.24, 2.45) is 0 Å². The molecule has 0 aromatic heterocycles. The molecule has 3 rings (SSSR count). The Morgan fingerprint density at radius 2 is 1.76 bits per heavy atom. The van der Waals surface area contributed by atoms with Crippen LogP contribution in [0.2, 0.25) is 0 Å². The van der Waals surface area contributed by atoms with Gasteiger partial charge in [-0.3, -0.25) is 9.59 Å². The van der Waals surface area contributed by atoms with Crippen LogP contribution in [0.4, 0.5) is 0 Å².